The van der Waals surface area contributed by atoms with Crippen LogP contribution in [0.1, 0.15) is 19.4 Å². The highest BCUT2D eigenvalue weighted by Gasteiger charge is 2.11. The van der Waals surface area contributed by atoms with Crippen molar-refractivity contribution in [2.75, 3.05) is 13.2 Å². The van der Waals surface area contributed by atoms with Crippen LogP contribution in [0.2, 0.25) is 0 Å². The molecule has 0 amide bonds. The Labute approximate surface area is 101 Å². The maximum Gasteiger partial charge on any atom is 0.159 e. The second kappa shape index (κ2) is 6.67. The molecule has 0 spiro atoms. The third kappa shape index (κ3) is 4.40. The highest BCUT2D eigenvalue weighted by molar-refractivity contribution is 5.17. The molecular weight excluding hydrogens is 224 g/mol. The molecule has 0 saturated heterocycles. The normalized spacial score (nSPS) is 13.1. The summed E-state index contributed by atoms with van der Waals surface area (Å²) in [7, 11) is 0. The van der Waals surface area contributed by atoms with Gasteiger partial charge < -0.3 is 10.4 Å². The molecule has 0 aliphatic carbocycles. The van der Waals surface area contributed by atoms with E-state index in [4.69, 9.17) is 5.11 Å². The smallest absolute Gasteiger partial charge is 0.159 e. The number of halogens is 2. The third-order valence-corrected chi connectivity index (χ3v) is 2.90. The summed E-state index contributed by atoms with van der Waals surface area (Å²) in [6.07, 6.45) is 0. The van der Waals surface area contributed by atoms with Crippen molar-refractivity contribution in [1.82, 2.24) is 5.32 Å². The molecule has 0 aliphatic heterocycles. The topological polar surface area (TPSA) is 32.3 Å². The molecule has 2 N–H and O–H groups in total. The average molecular weight is 243 g/mol. The Bertz CT molecular complexity index is 355. The molecule has 4 heteroatoms. The van der Waals surface area contributed by atoms with Gasteiger partial charge in [0.25, 0.3) is 0 Å². The lowest BCUT2D eigenvalue weighted by Crippen LogP contribution is -2.28. The maximum atomic E-state index is 12.9. The fraction of sp³-hybridized carbons (Fsp3) is 0.538. The van der Waals surface area contributed by atoms with E-state index in [1.807, 2.05) is 13.8 Å². The first-order valence-electron chi connectivity index (χ1n) is 5.80. The van der Waals surface area contributed by atoms with Gasteiger partial charge in [0.15, 0.2) is 11.6 Å². The molecule has 0 aliphatic rings. The highest BCUT2D eigenvalue weighted by Crippen LogP contribution is 2.10. The van der Waals surface area contributed by atoms with E-state index in [9.17, 15) is 8.78 Å². The zero-order chi connectivity index (χ0) is 12.8. The molecule has 1 unspecified atom stereocenters. The molecule has 0 bridgehead atoms. The standard InChI is InChI=1S/C13H19F2NO/c1-9(2)11(8-17)7-16-6-10-3-4-12(14)13(15)5-10/h3-5,9,11,16-17H,6-8H2,1-2H3. The van der Waals surface area contributed by atoms with Gasteiger partial charge in [0.05, 0.1) is 0 Å². The molecule has 1 rings (SSSR count). The zero-order valence-electron chi connectivity index (χ0n) is 10.2. The summed E-state index contributed by atoms with van der Waals surface area (Å²) in [4.78, 5) is 0. The van der Waals surface area contributed by atoms with Crippen molar-refractivity contribution < 1.29 is 13.9 Å². The molecule has 1 atom stereocenters. The molecule has 0 saturated carbocycles. The fourth-order valence-corrected chi connectivity index (χ4v) is 1.56. The molecule has 0 fully saturated rings. The van der Waals surface area contributed by atoms with Crippen LogP contribution in [0.15, 0.2) is 18.2 Å². The summed E-state index contributed by atoms with van der Waals surface area (Å²) in [5, 5.41) is 12.3. The van der Waals surface area contributed by atoms with E-state index in [1.165, 1.54) is 6.07 Å². The molecule has 1 aromatic carbocycles. The summed E-state index contributed by atoms with van der Waals surface area (Å²) in [6, 6.07) is 3.86. The van der Waals surface area contributed by atoms with Gasteiger partial charge in [-0.2, -0.15) is 0 Å². The summed E-state index contributed by atoms with van der Waals surface area (Å²) in [6.45, 7) is 5.34. The zero-order valence-corrected chi connectivity index (χ0v) is 10.2. The summed E-state index contributed by atoms with van der Waals surface area (Å²) in [5.74, 6) is -1.09. The van der Waals surface area contributed by atoms with Crippen LogP contribution in [0.4, 0.5) is 8.78 Å². The molecule has 17 heavy (non-hydrogen) atoms. The van der Waals surface area contributed by atoms with Gasteiger partial charge in [0.2, 0.25) is 0 Å². The molecule has 1 aromatic rings. The van der Waals surface area contributed by atoms with Crippen LogP contribution in [0.25, 0.3) is 0 Å². The number of benzene rings is 1. The molecule has 96 valence electrons. The minimum Gasteiger partial charge on any atom is -0.396 e. The minimum absolute atomic E-state index is 0.127. The van der Waals surface area contributed by atoms with Crippen molar-refractivity contribution in [1.29, 1.82) is 0 Å². The van der Waals surface area contributed by atoms with E-state index < -0.39 is 11.6 Å². The average Bonchev–Trinajstić information content (AvgIpc) is 2.28. The quantitative estimate of drug-likeness (QED) is 0.803. The Balaban J connectivity index is 2.42. The van der Waals surface area contributed by atoms with Crippen molar-refractivity contribution in [3.05, 3.63) is 35.4 Å². The van der Waals surface area contributed by atoms with Gasteiger partial charge in [-0.3, -0.25) is 0 Å². The first-order valence-corrected chi connectivity index (χ1v) is 5.80. The first kappa shape index (κ1) is 14.1. The van der Waals surface area contributed by atoms with Gasteiger partial charge in [-0.25, -0.2) is 8.78 Å². The number of rotatable bonds is 6. The van der Waals surface area contributed by atoms with Crippen LogP contribution in [0, 0.1) is 23.5 Å². The Morgan fingerprint density at radius 1 is 1.24 bits per heavy atom. The predicted octanol–water partition coefficient (Wildman–Crippen LogP) is 2.32. The lowest BCUT2D eigenvalue weighted by Gasteiger charge is -2.18. The van der Waals surface area contributed by atoms with Gasteiger partial charge >= 0.3 is 0 Å². The summed E-state index contributed by atoms with van der Waals surface area (Å²) < 4.78 is 25.6. The van der Waals surface area contributed by atoms with Crippen molar-refractivity contribution in [3.8, 4) is 0 Å². The second-order valence-corrected chi connectivity index (χ2v) is 4.57. The fourth-order valence-electron chi connectivity index (χ4n) is 1.56. The van der Waals surface area contributed by atoms with Crippen LogP contribution in [0.5, 0.6) is 0 Å². The van der Waals surface area contributed by atoms with Crippen molar-refractivity contribution >= 4 is 0 Å². The van der Waals surface area contributed by atoms with E-state index in [0.717, 1.165) is 6.07 Å². The number of nitrogens with one attached hydrogen (secondary N) is 1. The van der Waals surface area contributed by atoms with Crippen molar-refractivity contribution in [2.45, 2.75) is 20.4 Å². The molecule has 2 nitrogen and oxygen atoms in total. The Hall–Kier alpha value is -1.00. The summed E-state index contributed by atoms with van der Waals surface area (Å²) in [5.41, 5.74) is 0.698. The van der Waals surface area contributed by atoms with Gasteiger partial charge in [-0.05, 0) is 29.5 Å². The van der Waals surface area contributed by atoms with Gasteiger partial charge in [-0.15, -0.1) is 0 Å². The number of hydrogen-bond acceptors (Lipinski definition) is 2. The summed E-state index contributed by atoms with van der Waals surface area (Å²) >= 11 is 0. The Kier molecular flexibility index (Phi) is 5.51. The maximum absolute atomic E-state index is 12.9. The van der Waals surface area contributed by atoms with Crippen LogP contribution in [-0.2, 0) is 6.54 Å². The van der Waals surface area contributed by atoms with E-state index in [-0.39, 0.29) is 12.5 Å². The second-order valence-electron chi connectivity index (χ2n) is 4.57. The van der Waals surface area contributed by atoms with E-state index in [1.54, 1.807) is 6.07 Å². The highest BCUT2D eigenvalue weighted by atomic mass is 19.2. The number of aliphatic hydroxyl groups excluding tert-OH is 1. The lowest BCUT2D eigenvalue weighted by molar-refractivity contribution is 0.186. The van der Waals surface area contributed by atoms with Crippen molar-refractivity contribution in [3.63, 3.8) is 0 Å². The predicted molar refractivity (Wildman–Crippen MR) is 63.5 cm³/mol. The van der Waals surface area contributed by atoms with E-state index >= 15 is 0 Å². The van der Waals surface area contributed by atoms with Crippen LogP contribution in [-0.4, -0.2) is 18.3 Å². The molecule has 0 heterocycles. The largest absolute Gasteiger partial charge is 0.396 e. The molecule has 0 radical (unpaired) electrons. The van der Waals surface area contributed by atoms with Gasteiger partial charge in [0, 0.05) is 19.7 Å². The lowest BCUT2D eigenvalue weighted by atomic mass is 9.97. The van der Waals surface area contributed by atoms with E-state index in [2.05, 4.69) is 5.32 Å². The van der Waals surface area contributed by atoms with Gasteiger partial charge in [-0.1, -0.05) is 19.9 Å². The van der Waals surface area contributed by atoms with Crippen LogP contribution in [0.3, 0.4) is 0 Å². The number of hydrogen-bond donors (Lipinski definition) is 2. The molecular formula is C13H19F2NO. The minimum atomic E-state index is -0.829. The Morgan fingerprint density at radius 3 is 2.47 bits per heavy atom. The van der Waals surface area contributed by atoms with Crippen LogP contribution >= 0.6 is 0 Å². The van der Waals surface area contributed by atoms with Gasteiger partial charge in [0.1, 0.15) is 0 Å². The molecule has 0 aromatic heterocycles. The first-order chi connectivity index (χ1) is 8.04. The number of aliphatic hydroxyl groups is 1. The van der Waals surface area contributed by atoms with Crippen molar-refractivity contribution in [2.24, 2.45) is 11.8 Å². The SMILES string of the molecule is CC(C)C(CO)CNCc1ccc(F)c(F)c1. The van der Waals surface area contributed by atoms with E-state index in [0.29, 0.717) is 24.6 Å². The third-order valence-electron chi connectivity index (χ3n) is 2.90. The van der Waals surface area contributed by atoms with Crippen LogP contribution < -0.4 is 5.32 Å². The monoisotopic (exact) mass is 243 g/mol. The Morgan fingerprint density at radius 2 is 1.94 bits per heavy atom.